The highest BCUT2D eigenvalue weighted by molar-refractivity contribution is 5.78. The van der Waals surface area contributed by atoms with Gasteiger partial charge in [0.15, 0.2) is 18.1 Å². The molecule has 1 aromatic carbocycles. The zero-order chi connectivity index (χ0) is 16.8. The molecule has 5 heteroatoms. The Morgan fingerprint density at radius 3 is 2.57 bits per heavy atom. The Kier molecular flexibility index (Phi) is 5.86. The first-order valence-electron chi connectivity index (χ1n) is 8.17. The van der Waals surface area contributed by atoms with Crippen molar-refractivity contribution in [2.45, 2.75) is 52.1 Å². The first-order valence-corrected chi connectivity index (χ1v) is 8.17. The summed E-state index contributed by atoms with van der Waals surface area (Å²) in [5, 5.41) is 8.96. The number of likely N-dealkylation sites (tertiary alicyclic amines) is 1. The minimum Gasteiger partial charge on any atom is -0.490 e. The fourth-order valence-corrected chi connectivity index (χ4v) is 3.09. The summed E-state index contributed by atoms with van der Waals surface area (Å²) >= 11 is 0. The number of piperidine rings is 1. The normalized spacial score (nSPS) is 20.7. The van der Waals surface area contributed by atoms with E-state index in [9.17, 15) is 4.79 Å². The van der Waals surface area contributed by atoms with E-state index in [1.54, 1.807) is 18.2 Å². The van der Waals surface area contributed by atoms with Crippen LogP contribution in [0.4, 0.5) is 0 Å². The van der Waals surface area contributed by atoms with Crippen molar-refractivity contribution >= 4 is 5.91 Å². The number of carbonyl (C=O) groups excluding carboxylic acids is 1. The van der Waals surface area contributed by atoms with E-state index >= 15 is 0 Å². The van der Waals surface area contributed by atoms with E-state index in [-0.39, 0.29) is 24.6 Å². The Bertz CT molecular complexity index is 584. The lowest BCUT2D eigenvalue weighted by molar-refractivity contribution is -0.139. The van der Waals surface area contributed by atoms with Crippen molar-refractivity contribution in [3.63, 3.8) is 0 Å². The number of benzene rings is 1. The smallest absolute Gasteiger partial charge is 0.260 e. The van der Waals surface area contributed by atoms with Crippen molar-refractivity contribution in [1.82, 2.24) is 4.90 Å². The quantitative estimate of drug-likeness (QED) is 0.837. The Hall–Kier alpha value is -2.22. The molecular formula is C18H24N2O3. The molecule has 1 saturated heterocycles. The molecule has 1 aliphatic heterocycles. The van der Waals surface area contributed by atoms with E-state index in [0.29, 0.717) is 23.7 Å². The van der Waals surface area contributed by atoms with Crippen LogP contribution in [0, 0.1) is 11.3 Å². The molecule has 0 saturated carbocycles. The number of nitrogens with zero attached hydrogens (tertiary/aromatic N) is 2. The summed E-state index contributed by atoms with van der Waals surface area (Å²) in [6, 6.07) is 7.55. The molecule has 1 aromatic rings. The minimum atomic E-state index is -0.0132. The van der Waals surface area contributed by atoms with Crippen molar-refractivity contribution in [3.8, 4) is 17.6 Å². The molecule has 1 fully saturated rings. The minimum absolute atomic E-state index is 0.00323. The molecular weight excluding hydrogens is 292 g/mol. The van der Waals surface area contributed by atoms with Crippen LogP contribution >= 0.6 is 0 Å². The van der Waals surface area contributed by atoms with Crippen LogP contribution < -0.4 is 9.47 Å². The maximum absolute atomic E-state index is 12.5. The molecule has 1 amide bonds. The van der Waals surface area contributed by atoms with Gasteiger partial charge >= 0.3 is 0 Å². The highest BCUT2D eigenvalue weighted by Gasteiger charge is 2.29. The molecule has 0 unspecified atom stereocenters. The fourth-order valence-electron chi connectivity index (χ4n) is 3.09. The number of amides is 1. The number of rotatable bonds is 5. The molecule has 0 N–H and O–H groups in total. The molecule has 1 aliphatic rings. The van der Waals surface area contributed by atoms with Gasteiger partial charge in [-0.3, -0.25) is 4.79 Å². The second-order valence-electron chi connectivity index (χ2n) is 5.92. The van der Waals surface area contributed by atoms with Crippen LogP contribution in [0.5, 0.6) is 11.5 Å². The summed E-state index contributed by atoms with van der Waals surface area (Å²) in [5.74, 6) is 0.993. The van der Waals surface area contributed by atoms with Crippen LogP contribution in [0.1, 0.15) is 45.6 Å². The van der Waals surface area contributed by atoms with Crippen molar-refractivity contribution in [1.29, 1.82) is 5.26 Å². The molecule has 23 heavy (non-hydrogen) atoms. The number of ether oxygens (including phenoxy) is 2. The monoisotopic (exact) mass is 316 g/mol. The number of carbonyl (C=O) groups is 1. The second-order valence-corrected chi connectivity index (χ2v) is 5.92. The fraction of sp³-hybridized carbons (Fsp3) is 0.556. The van der Waals surface area contributed by atoms with Gasteiger partial charge in [-0.25, -0.2) is 0 Å². The average Bonchev–Trinajstić information content (AvgIpc) is 2.53. The van der Waals surface area contributed by atoms with Crippen molar-refractivity contribution in [2.24, 2.45) is 0 Å². The van der Waals surface area contributed by atoms with Gasteiger partial charge in [-0.05, 0) is 52.2 Å². The van der Waals surface area contributed by atoms with Gasteiger partial charge < -0.3 is 14.4 Å². The Labute approximate surface area is 137 Å². The summed E-state index contributed by atoms with van der Waals surface area (Å²) in [4.78, 5) is 14.4. The van der Waals surface area contributed by atoms with Crippen LogP contribution in [-0.4, -0.2) is 36.1 Å². The predicted octanol–water partition coefficient (Wildman–Crippen LogP) is 3.13. The number of nitriles is 1. The Morgan fingerprint density at radius 1 is 1.26 bits per heavy atom. The summed E-state index contributed by atoms with van der Waals surface area (Å²) < 4.78 is 11.2. The number of hydrogen-bond donors (Lipinski definition) is 0. The SMILES string of the molecule is CCOc1cc(C#N)ccc1OCC(=O)N1[C@H](C)CCC[C@H]1C. The van der Waals surface area contributed by atoms with Gasteiger partial charge in [-0.1, -0.05) is 0 Å². The third-order valence-corrected chi connectivity index (χ3v) is 4.21. The van der Waals surface area contributed by atoms with Crippen LogP contribution in [0.15, 0.2) is 18.2 Å². The van der Waals surface area contributed by atoms with Crippen molar-refractivity contribution < 1.29 is 14.3 Å². The van der Waals surface area contributed by atoms with Gasteiger partial charge in [-0.2, -0.15) is 5.26 Å². The standard InChI is InChI=1S/C18H24N2O3/c1-4-22-17-10-15(11-19)8-9-16(17)23-12-18(21)20-13(2)6-5-7-14(20)3/h8-10,13-14H,4-7,12H2,1-3H3/t13-,14-/m1/s1. The highest BCUT2D eigenvalue weighted by atomic mass is 16.5. The van der Waals surface area contributed by atoms with Crippen LogP contribution in [0.3, 0.4) is 0 Å². The van der Waals surface area contributed by atoms with E-state index < -0.39 is 0 Å². The third-order valence-electron chi connectivity index (χ3n) is 4.21. The summed E-state index contributed by atoms with van der Waals surface area (Å²) in [6.45, 7) is 6.49. The molecule has 2 atom stereocenters. The summed E-state index contributed by atoms with van der Waals surface area (Å²) in [5.41, 5.74) is 0.505. The Morgan fingerprint density at radius 2 is 1.96 bits per heavy atom. The van der Waals surface area contributed by atoms with Gasteiger partial charge in [0, 0.05) is 18.2 Å². The molecule has 5 nitrogen and oxygen atoms in total. The van der Waals surface area contributed by atoms with Gasteiger partial charge in [0.25, 0.3) is 5.91 Å². The molecule has 124 valence electrons. The van der Waals surface area contributed by atoms with E-state index in [4.69, 9.17) is 14.7 Å². The lowest BCUT2D eigenvalue weighted by Gasteiger charge is -2.39. The van der Waals surface area contributed by atoms with Crippen molar-refractivity contribution in [3.05, 3.63) is 23.8 Å². The largest absolute Gasteiger partial charge is 0.490 e. The summed E-state index contributed by atoms with van der Waals surface area (Å²) in [7, 11) is 0. The molecule has 0 aliphatic carbocycles. The van der Waals surface area contributed by atoms with Gasteiger partial charge in [0.1, 0.15) is 0 Å². The van der Waals surface area contributed by atoms with E-state index in [1.165, 1.54) is 0 Å². The van der Waals surface area contributed by atoms with Crippen LogP contribution in [0.25, 0.3) is 0 Å². The van der Waals surface area contributed by atoms with Crippen LogP contribution in [0.2, 0.25) is 0 Å². The maximum atomic E-state index is 12.5. The zero-order valence-electron chi connectivity index (χ0n) is 14.0. The number of hydrogen-bond acceptors (Lipinski definition) is 4. The first kappa shape index (κ1) is 17.1. The van der Waals surface area contributed by atoms with Crippen molar-refractivity contribution in [2.75, 3.05) is 13.2 Å². The molecule has 0 aromatic heterocycles. The van der Waals surface area contributed by atoms with Gasteiger partial charge in [0.05, 0.1) is 18.2 Å². The zero-order valence-corrected chi connectivity index (χ0v) is 14.0. The van der Waals surface area contributed by atoms with Crippen LogP contribution in [-0.2, 0) is 4.79 Å². The van der Waals surface area contributed by atoms with E-state index in [2.05, 4.69) is 19.9 Å². The lowest BCUT2D eigenvalue weighted by atomic mass is 9.97. The molecule has 1 heterocycles. The third kappa shape index (κ3) is 4.16. The highest BCUT2D eigenvalue weighted by Crippen LogP contribution is 2.29. The van der Waals surface area contributed by atoms with E-state index in [1.807, 2.05) is 11.8 Å². The molecule has 0 spiro atoms. The maximum Gasteiger partial charge on any atom is 0.260 e. The van der Waals surface area contributed by atoms with Gasteiger partial charge in [-0.15, -0.1) is 0 Å². The summed E-state index contributed by atoms with van der Waals surface area (Å²) in [6.07, 6.45) is 3.24. The second kappa shape index (κ2) is 7.87. The van der Waals surface area contributed by atoms with E-state index in [0.717, 1.165) is 19.3 Å². The average molecular weight is 316 g/mol. The molecule has 0 radical (unpaired) electrons. The molecule has 0 bridgehead atoms. The topological polar surface area (TPSA) is 62.6 Å². The predicted molar refractivity (Wildman–Crippen MR) is 87.4 cm³/mol. The first-order chi connectivity index (χ1) is 11.1. The molecule has 2 rings (SSSR count). The lowest BCUT2D eigenvalue weighted by Crippen LogP contribution is -2.49. The Balaban J connectivity index is 2.05. The van der Waals surface area contributed by atoms with Gasteiger partial charge in [0.2, 0.25) is 0 Å².